The van der Waals surface area contributed by atoms with Crippen LogP contribution >= 0.6 is 27.3 Å². The molecule has 6 nitrogen and oxygen atoms in total. The molecular formula is C24H22BrNO5S. The van der Waals surface area contributed by atoms with Crippen molar-refractivity contribution in [3.8, 4) is 22.6 Å². The van der Waals surface area contributed by atoms with E-state index in [0.717, 1.165) is 15.6 Å². The van der Waals surface area contributed by atoms with E-state index in [1.807, 2.05) is 35.7 Å². The minimum atomic E-state index is -0.481. The number of benzene rings is 2. The van der Waals surface area contributed by atoms with Gasteiger partial charge in [0.25, 0.3) is 0 Å². The molecule has 0 atom stereocenters. The molecule has 0 aliphatic rings. The Hall–Kier alpha value is -3.10. The fourth-order valence-corrected chi connectivity index (χ4v) is 4.20. The molecule has 0 aliphatic carbocycles. The maximum absolute atomic E-state index is 12.7. The third-order valence-electron chi connectivity index (χ3n) is 4.50. The zero-order valence-corrected chi connectivity index (χ0v) is 20.2. The van der Waals surface area contributed by atoms with Crippen molar-refractivity contribution in [1.29, 1.82) is 0 Å². The molecule has 0 unspecified atom stereocenters. The average molecular weight is 516 g/mol. The third kappa shape index (κ3) is 5.57. The SMILES string of the molecule is CCOC(=O)c1c(-c2ccc(Br)cc2)csc1NC(=O)/C=C/c1ccc(OC)c(OC)c1. The summed E-state index contributed by atoms with van der Waals surface area (Å²) in [7, 11) is 3.11. The van der Waals surface area contributed by atoms with Gasteiger partial charge in [0.05, 0.1) is 20.8 Å². The molecule has 0 radical (unpaired) electrons. The molecular weight excluding hydrogens is 494 g/mol. The zero-order chi connectivity index (χ0) is 23.1. The van der Waals surface area contributed by atoms with E-state index >= 15 is 0 Å². The minimum absolute atomic E-state index is 0.237. The quantitative estimate of drug-likeness (QED) is 0.293. The van der Waals surface area contributed by atoms with E-state index in [1.165, 1.54) is 17.4 Å². The predicted molar refractivity (Wildman–Crippen MR) is 131 cm³/mol. The molecule has 166 valence electrons. The summed E-state index contributed by atoms with van der Waals surface area (Å²) in [6.45, 7) is 1.98. The monoisotopic (exact) mass is 515 g/mol. The lowest BCUT2D eigenvalue weighted by Gasteiger charge is -2.08. The van der Waals surface area contributed by atoms with E-state index in [4.69, 9.17) is 14.2 Å². The van der Waals surface area contributed by atoms with Gasteiger partial charge in [-0.1, -0.05) is 34.1 Å². The van der Waals surface area contributed by atoms with Gasteiger partial charge in [-0.25, -0.2) is 4.79 Å². The standard InChI is InChI=1S/C24H22BrNO5S/c1-4-31-24(28)22-18(16-7-9-17(25)10-8-16)14-32-23(22)26-21(27)12-6-15-5-11-19(29-2)20(13-15)30-3/h5-14H,4H2,1-3H3,(H,26,27)/b12-6+. The van der Waals surface area contributed by atoms with Gasteiger partial charge in [0.1, 0.15) is 10.6 Å². The van der Waals surface area contributed by atoms with Crippen LogP contribution in [-0.2, 0) is 9.53 Å². The molecule has 1 N–H and O–H groups in total. The Kier molecular flexibility index (Phi) is 8.08. The fourth-order valence-electron chi connectivity index (χ4n) is 2.98. The van der Waals surface area contributed by atoms with Crippen molar-refractivity contribution in [2.24, 2.45) is 0 Å². The van der Waals surface area contributed by atoms with E-state index in [-0.39, 0.29) is 12.5 Å². The summed E-state index contributed by atoms with van der Waals surface area (Å²) in [5, 5.41) is 5.07. The van der Waals surface area contributed by atoms with Crippen molar-refractivity contribution in [2.45, 2.75) is 6.92 Å². The first kappa shape index (κ1) is 23.6. The number of amides is 1. The van der Waals surface area contributed by atoms with Crippen LogP contribution in [0.1, 0.15) is 22.8 Å². The van der Waals surface area contributed by atoms with Crippen LogP contribution in [0.3, 0.4) is 0 Å². The van der Waals surface area contributed by atoms with Gasteiger partial charge in [0.15, 0.2) is 11.5 Å². The lowest BCUT2D eigenvalue weighted by atomic mass is 10.0. The van der Waals surface area contributed by atoms with Gasteiger partial charge in [0, 0.05) is 21.5 Å². The molecule has 8 heteroatoms. The number of thiophene rings is 1. The van der Waals surface area contributed by atoms with Crippen molar-refractivity contribution >= 4 is 50.2 Å². The smallest absolute Gasteiger partial charge is 0.341 e. The Labute approximate surface area is 198 Å². The van der Waals surface area contributed by atoms with Crippen molar-refractivity contribution in [1.82, 2.24) is 0 Å². The summed E-state index contributed by atoms with van der Waals surface area (Å²) < 4.78 is 16.7. The minimum Gasteiger partial charge on any atom is -0.493 e. The molecule has 0 saturated heterocycles. The number of anilines is 1. The molecule has 0 bridgehead atoms. The van der Waals surface area contributed by atoms with Gasteiger partial charge >= 0.3 is 5.97 Å². The Morgan fingerprint density at radius 2 is 1.78 bits per heavy atom. The molecule has 32 heavy (non-hydrogen) atoms. The number of carbonyl (C=O) groups excluding carboxylic acids is 2. The summed E-state index contributed by atoms with van der Waals surface area (Å²) >= 11 is 4.69. The number of rotatable bonds is 8. The highest BCUT2D eigenvalue weighted by atomic mass is 79.9. The van der Waals surface area contributed by atoms with Crippen LogP contribution in [0, 0.1) is 0 Å². The summed E-state index contributed by atoms with van der Waals surface area (Å²) in [4.78, 5) is 25.2. The predicted octanol–water partition coefficient (Wildman–Crippen LogP) is 6.02. The van der Waals surface area contributed by atoms with Crippen LogP contribution in [0.5, 0.6) is 11.5 Å². The molecule has 3 rings (SSSR count). The molecule has 1 amide bonds. The topological polar surface area (TPSA) is 73.9 Å². The maximum atomic E-state index is 12.7. The number of carbonyl (C=O) groups is 2. The van der Waals surface area contributed by atoms with Crippen LogP contribution in [0.15, 0.2) is 58.4 Å². The van der Waals surface area contributed by atoms with Crippen LogP contribution in [-0.4, -0.2) is 32.7 Å². The molecule has 2 aromatic carbocycles. The number of hydrogen-bond acceptors (Lipinski definition) is 6. The summed E-state index contributed by atoms with van der Waals surface area (Å²) in [5.74, 6) is 0.324. The largest absolute Gasteiger partial charge is 0.493 e. The van der Waals surface area contributed by atoms with Crippen LogP contribution in [0.2, 0.25) is 0 Å². The number of methoxy groups -OCH3 is 2. The lowest BCUT2D eigenvalue weighted by molar-refractivity contribution is -0.111. The number of halogens is 1. The third-order valence-corrected chi connectivity index (χ3v) is 5.92. The maximum Gasteiger partial charge on any atom is 0.341 e. The van der Waals surface area contributed by atoms with Gasteiger partial charge in [0.2, 0.25) is 5.91 Å². The van der Waals surface area contributed by atoms with E-state index in [2.05, 4.69) is 21.2 Å². The molecule has 0 fully saturated rings. The molecule has 0 aliphatic heterocycles. The fraction of sp³-hybridized carbons (Fsp3) is 0.167. The lowest BCUT2D eigenvalue weighted by Crippen LogP contribution is -2.12. The number of nitrogens with one attached hydrogen (secondary N) is 1. The van der Waals surface area contributed by atoms with Crippen molar-refractivity contribution in [3.05, 3.63) is 69.5 Å². The van der Waals surface area contributed by atoms with Gasteiger partial charge in [-0.3, -0.25) is 4.79 Å². The Balaban J connectivity index is 1.84. The molecule has 0 saturated carbocycles. The van der Waals surface area contributed by atoms with E-state index < -0.39 is 5.97 Å². The highest BCUT2D eigenvalue weighted by Crippen LogP contribution is 2.37. The van der Waals surface area contributed by atoms with Crippen molar-refractivity contribution < 1.29 is 23.8 Å². The summed E-state index contributed by atoms with van der Waals surface area (Å²) in [5.41, 5.74) is 2.67. The molecule has 0 spiro atoms. The van der Waals surface area contributed by atoms with Crippen LogP contribution < -0.4 is 14.8 Å². The van der Waals surface area contributed by atoms with Crippen molar-refractivity contribution in [3.63, 3.8) is 0 Å². The highest BCUT2D eigenvalue weighted by Gasteiger charge is 2.22. The normalized spacial score (nSPS) is 10.8. The number of ether oxygens (including phenoxy) is 3. The van der Waals surface area contributed by atoms with E-state index in [0.29, 0.717) is 27.6 Å². The Morgan fingerprint density at radius 3 is 2.44 bits per heavy atom. The zero-order valence-electron chi connectivity index (χ0n) is 17.8. The number of hydrogen-bond donors (Lipinski definition) is 1. The summed E-state index contributed by atoms with van der Waals surface area (Å²) in [6, 6.07) is 12.9. The molecule has 1 aromatic heterocycles. The molecule has 3 aromatic rings. The Morgan fingerprint density at radius 1 is 1.06 bits per heavy atom. The molecule has 1 heterocycles. The first-order chi connectivity index (χ1) is 15.5. The van der Waals surface area contributed by atoms with Crippen molar-refractivity contribution in [2.75, 3.05) is 26.1 Å². The highest BCUT2D eigenvalue weighted by molar-refractivity contribution is 9.10. The van der Waals surface area contributed by atoms with Gasteiger partial charge in [-0.15, -0.1) is 11.3 Å². The van der Waals surface area contributed by atoms with Gasteiger partial charge < -0.3 is 19.5 Å². The van der Waals surface area contributed by atoms with Crippen LogP contribution in [0.25, 0.3) is 17.2 Å². The van der Waals surface area contributed by atoms with Gasteiger partial charge in [-0.2, -0.15) is 0 Å². The summed E-state index contributed by atoms with van der Waals surface area (Å²) in [6.07, 6.45) is 3.06. The number of esters is 1. The van der Waals surface area contributed by atoms with Gasteiger partial charge in [-0.05, 0) is 48.4 Å². The van der Waals surface area contributed by atoms with Crippen LogP contribution in [0.4, 0.5) is 5.00 Å². The van der Waals surface area contributed by atoms with E-state index in [1.54, 1.807) is 39.4 Å². The second-order valence-corrected chi connectivity index (χ2v) is 8.31. The second-order valence-electron chi connectivity index (χ2n) is 6.52. The average Bonchev–Trinajstić information content (AvgIpc) is 3.21. The first-order valence-corrected chi connectivity index (χ1v) is 11.4. The second kappa shape index (κ2) is 11.0. The Bertz CT molecular complexity index is 1140. The van der Waals surface area contributed by atoms with E-state index in [9.17, 15) is 9.59 Å². The first-order valence-electron chi connectivity index (χ1n) is 9.72.